The quantitative estimate of drug-likeness (QED) is 0.671. The first-order valence-electron chi connectivity index (χ1n) is 8.91. The third-order valence-corrected chi connectivity index (χ3v) is 5.10. The van der Waals surface area contributed by atoms with E-state index in [4.69, 9.17) is 0 Å². The van der Waals surface area contributed by atoms with E-state index in [-0.39, 0.29) is 16.9 Å². The second-order valence-electron chi connectivity index (χ2n) is 8.37. The molecule has 0 bridgehead atoms. The number of rotatable bonds is 7. The van der Waals surface area contributed by atoms with Crippen LogP contribution < -0.4 is 0 Å². The summed E-state index contributed by atoms with van der Waals surface area (Å²) in [6.45, 7) is 15.7. The molecule has 0 aromatic heterocycles. The molecular formula is C21H36O. The van der Waals surface area contributed by atoms with Gasteiger partial charge in [-0.25, -0.2) is 0 Å². The SMILES string of the molecule is CCC(C)CC(C)(CC(O)CC)c1ccc(C(C)(C)C)cc1. The van der Waals surface area contributed by atoms with Crippen molar-refractivity contribution in [1.82, 2.24) is 0 Å². The van der Waals surface area contributed by atoms with Gasteiger partial charge in [0.25, 0.3) is 0 Å². The Morgan fingerprint density at radius 3 is 1.77 bits per heavy atom. The summed E-state index contributed by atoms with van der Waals surface area (Å²) in [5, 5.41) is 10.2. The molecule has 1 aromatic rings. The zero-order valence-electron chi connectivity index (χ0n) is 15.7. The van der Waals surface area contributed by atoms with Gasteiger partial charge in [-0.05, 0) is 47.1 Å². The standard InChI is InChI=1S/C21H36O/c1-8-16(3)14-21(7,15-19(22)9-2)18-12-10-17(11-13-18)20(4,5)6/h10-13,16,19,22H,8-9,14-15H2,1-7H3. The molecule has 0 spiro atoms. The van der Waals surface area contributed by atoms with Gasteiger partial charge in [0.05, 0.1) is 6.10 Å². The fraction of sp³-hybridized carbons (Fsp3) is 0.714. The molecule has 1 nitrogen and oxygen atoms in total. The van der Waals surface area contributed by atoms with Crippen molar-refractivity contribution in [2.75, 3.05) is 0 Å². The summed E-state index contributed by atoms with van der Waals surface area (Å²) < 4.78 is 0. The van der Waals surface area contributed by atoms with E-state index in [1.807, 2.05) is 0 Å². The molecule has 0 aliphatic carbocycles. The van der Waals surface area contributed by atoms with E-state index in [9.17, 15) is 5.11 Å². The molecule has 1 heteroatoms. The second kappa shape index (κ2) is 7.64. The maximum atomic E-state index is 10.2. The van der Waals surface area contributed by atoms with Crippen molar-refractivity contribution in [2.24, 2.45) is 5.92 Å². The van der Waals surface area contributed by atoms with Crippen molar-refractivity contribution in [1.29, 1.82) is 0 Å². The molecule has 0 saturated carbocycles. The Balaban J connectivity index is 3.09. The zero-order valence-corrected chi connectivity index (χ0v) is 15.7. The predicted octanol–water partition coefficient (Wildman–Crippen LogP) is 5.84. The van der Waals surface area contributed by atoms with Crippen molar-refractivity contribution >= 4 is 0 Å². The first-order valence-corrected chi connectivity index (χ1v) is 8.91. The first-order chi connectivity index (χ1) is 10.1. The van der Waals surface area contributed by atoms with Gasteiger partial charge in [0.1, 0.15) is 0 Å². The first kappa shape index (κ1) is 19.2. The number of hydrogen-bond acceptors (Lipinski definition) is 1. The van der Waals surface area contributed by atoms with E-state index in [0.717, 1.165) is 19.3 Å². The minimum Gasteiger partial charge on any atom is -0.393 e. The topological polar surface area (TPSA) is 20.2 Å². The highest BCUT2D eigenvalue weighted by Crippen LogP contribution is 2.37. The van der Waals surface area contributed by atoms with E-state index in [2.05, 4.69) is 72.7 Å². The predicted molar refractivity (Wildman–Crippen MR) is 97.5 cm³/mol. The summed E-state index contributed by atoms with van der Waals surface area (Å²) >= 11 is 0. The molecule has 22 heavy (non-hydrogen) atoms. The van der Waals surface area contributed by atoms with Crippen molar-refractivity contribution in [3.05, 3.63) is 35.4 Å². The molecule has 0 aliphatic heterocycles. The molecule has 0 heterocycles. The number of hydrogen-bond donors (Lipinski definition) is 1. The van der Waals surface area contributed by atoms with Crippen LogP contribution in [0.4, 0.5) is 0 Å². The summed E-state index contributed by atoms with van der Waals surface area (Å²) in [7, 11) is 0. The Morgan fingerprint density at radius 2 is 1.36 bits per heavy atom. The minimum atomic E-state index is -0.212. The van der Waals surface area contributed by atoms with Crippen molar-refractivity contribution in [2.45, 2.75) is 91.1 Å². The minimum absolute atomic E-state index is 0.0568. The summed E-state index contributed by atoms with van der Waals surface area (Å²) in [4.78, 5) is 0. The molecule has 1 aromatic carbocycles. The fourth-order valence-corrected chi connectivity index (χ4v) is 3.27. The third-order valence-electron chi connectivity index (χ3n) is 5.10. The van der Waals surface area contributed by atoms with Gasteiger partial charge in [0.2, 0.25) is 0 Å². The van der Waals surface area contributed by atoms with Crippen LogP contribution in [0.5, 0.6) is 0 Å². The Labute approximate surface area is 138 Å². The lowest BCUT2D eigenvalue weighted by molar-refractivity contribution is 0.121. The molecular weight excluding hydrogens is 268 g/mol. The maximum absolute atomic E-state index is 10.2. The number of aliphatic hydroxyl groups excluding tert-OH is 1. The molecule has 3 atom stereocenters. The smallest absolute Gasteiger partial charge is 0.0546 e. The maximum Gasteiger partial charge on any atom is 0.0546 e. The zero-order chi connectivity index (χ0) is 17.0. The van der Waals surface area contributed by atoms with Gasteiger partial charge in [-0.2, -0.15) is 0 Å². The molecule has 1 rings (SSSR count). The highest BCUT2D eigenvalue weighted by Gasteiger charge is 2.30. The van der Waals surface area contributed by atoms with E-state index in [0.29, 0.717) is 5.92 Å². The fourth-order valence-electron chi connectivity index (χ4n) is 3.27. The lowest BCUT2D eigenvalue weighted by Crippen LogP contribution is -2.30. The molecule has 126 valence electrons. The summed E-state index contributed by atoms with van der Waals surface area (Å²) in [5.41, 5.74) is 2.99. The monoisotopic (exact) mass is 304 g/mol. The average Bonchev–Trinajstić information content (AvgIpc) is 2.46. The van der Waals surface area contributed by atoms with E-state index < -0.39 is 0 Å². The molecule has 3 unspecified atom stereocenters. The van der Waals surface area contributed by atoms with Crippen molar-refractivity contribution < 1.29 is 5.11 Å². The lowest BCUT2D eigenvalue weighted by Gasteiger charge is -2.35. The van der Waals surface area contributed by atoms with Gasteiger partial charge in [0.15, 0.2) is 0 Å². The van der Waals surface area contributed by atoms with Gasteiger partial charge in [-0.15, -0.1) is 0 Å². The normalized spacial score (nSPS) is 17.8. The Kier molecular flexibility index (Phi) is 6.67. The van der Waals surface area contributed by atoms with Gasteiger partial charge in [-0.3, -0.25) is 0 Å². The third kappa shape index (κ3) is 5.12. The highest BCUT2D eigenvalue weighted by molar-refractivity contribution is 5.32. The van der Waals surface area contributed by atoms with Crippen LogP contribution in [0.3, 0.4) is 0 Å². The van der Waals surface area contributed by atoms with Crippen LogP contribution in [0.2, 0.25) is 0 Å². The van der Waals surface area contributed by atoms with Crippen LogP contribution in [-0.4, -0.2) is 11.2 Å². The van der Waals surface area contributed by atoms with Crippen LogP contribution in [0.1, 0.15) is 85.3 Å². The average molecular weight is 305 g/mol. The van der Waals surface area contributed by atoms with E-state index in [1.54, 1.807) is 0 Å². The Hall–Kier alpha value is -0.820. The van der Waals surface area contributed by atoms with Crippen molar-refractivity contribution in [3.8, 4) is 0 Å². The second-order valence-corrected chi connectivity index (χ2v) is 8.37. The number of aliphatic hydroxyl groups is 1. The van der Waals surface area contributed by atoms with Gasteiger partial charge in [0, 0.05) is 0 Å². The summed E-state index contributed by atoms with van der Waals surface area (Å²) in [6, 6.07) is 9.10. The molecule has 0 saturated heterocycles. The summed E-state index contributed by atoms with van der Waals surface area (Å²) in [6.07, 6.45) is 3.79. The lowest BCUT2D eigenvalue weighted by atomic mass is 9.71. The highest BCUT2D eigenvalue weighted by atomic mass is 16.3. The Bertz CT molecular complexity index is 426. The molecule has 0 radical (unpaired) electrons. The van der Waals surface area contributed by atoms with Crippen molar-refractivity contribution in [3.63, 3.8) is 0 Å². The Morgan fingerprint density at radius 1 is 0.864 bits per heavy atom. The van der Waals surface area contributed by atoms with Crippen LogP contribution in [0.25, 0.3) is 0 Å². The van der Waals surface area contributed by atoms with Crippen LogP contribution in [0, 0.1) is 5.92 Å². The van der Waals surface area contributed by atoms with E-state index >= 15 is 0 Å². The number of benzene rings is 1. The molecule has 1 N–H and O–H groups in total. The van der Waals surface area contributed by atoms with Crippen LogP contribution >= 0.6 is 0 Å². The molecule has 0 fully saturated rings. The molecule has 0 amide bonds. The summed E-state index contributed by atoms with van der Waals surface area (Å²) in [5.74, 6) is 0.677. The van der Waals surface area contributed by atoms with Crippen LogP contribution in [0.15, 0.2) is 24.3 Å². The van der Waals surface area contributed by atoms with Gasteiger partial charge in [-0.1, -0.05) is 79.2 Å². The van der Waals surface area contributed by atoms with Crippen LogP contribution in [-0.2, 0) is 10.8 Å². The van der Waals surface area contributed by atoms with Gasteiger partial charge < -0.3 is 5.11 Å². The van der Waals surface area contributed by atoms with E-state index in [1.165, 1.54) is 17.5 Å². The largest absolute Gasteiger partial charge is 0.393 e. The van der Waals surface area contributed by atoms with Gasteiger partial charge >= 0.3 is 0 Å². The molecule has 0 aliphatic rings.